The van der Waals surface area contributed by atoms with Crippen molar-refractivity contribution >= 4 is 10.8 Å². The maximum Gasteiger partial charge on any atom is 0.458 e. The summed E-state index contributed by atoms with van der Waals surface area (Å²) < 4.78 is 65.5. The zero-order chi connectivity index (χ0) is 22.2. The van der Waals surface area contributed by atoms with Gasteiger partial charge in [-0.15, -0.1) is 0 Å². The van der Waals surface area contributed by atoms with Crippen LogP contribution in [0.3, 0.4) is 0 Å². The van der Waals surface area contributed by atoms with Gasteiger partial charge in [0, 0.05) is 22.4 Å². The Morgan fingerprint density at radius 1 is 0.871 bits per heavy atom. The van der Waals surface area contributed by atoms with Gasteiger partial charge < -0.3 is 0 Å². The molecule has 4 rings (SSSR count). The van der Waals surface area contributed by atoms with E-state index in [1.54, 1.807) is 12.0 Å². The van der Waals surface area contributed by atoms with E-state index in [-0.39, 0.29) is 10.8 Å². The standard InChI is InChI=1S/C26H17F5/c1-16-2-7-20-13-17(5-8-19(20)12-16)3-4-18-6-9-22-21(14-18)15-24(27)23(25(22)28)10-11-26(29,30)31/h5-6,8-9,13-16H,2,7,12H2,1H3. The van der Waals surface area contributed by atoms with Crippen LogP contribution in [0.15, 0.2) is 42.5 Å². The van der Waals surface area contributed by atoms with Crippen LogP contribution < -0.4 is 0 Å². The molecular formula is C26H17F5. The number of aryl methyl sites for hydroxylation is 1. The Hall–Kier alpha value is -3.31. The quantitative estimate of drug-likeness (QED) is 0.283. The third-order valence-corrected chi connectivity index (χ3v) is 5.39. The lowest BCUT2D eigenvalue weighted by molar-refractivity contribution is -0.0696. The van der Waals surface area contributed by atoms with E-state index in [2.05, 4.69) is 30.9 Å². The van der Waals surface area contributed by atoms with Crippen LogP contribution in [0.2, 0.25) is 0 Å². The summed E-state index contributed by atoms with van der Waals surface area (Å²) in [4.78, 5) is 0. The van der Waals surface area contributed by atoms with Gasteiger partial charge in [-0.05, 0) is 72.0 Å². The molecule has 0 radical (unpaired) electrons. The van der Waals surface area contributed by atoms with E-state index >= 15 is 0 Å². The number of rotatable bonds is 0. The minimum atomic E-state index is -4.83. The van der Waals surface area contributed by atoms with Gasteiger partial charge in [0.25, 0.3) is 0 Å². The molecule has 1 atom stereocenters. The summed E-state index contributed by atoms with van der Waals surface area (Å²) >= 11 is 0. The molecule has 3 aromatic rings. The molecule has 0 bridgehead atoms. The first kappa shape index (κ1) is 20.9. The van der Waals surface area contributed by atoms with E-state index in [1.165, 1.54) is 23.3 Å². The Labute approximate surface area is 177 Å². The molecule has 0 heterocycles. The van der Waals surface area contributed by atoms with E-state index in [4.69, 9.17) is 0 Å². The van der Waals surface area contributed by atoms with Crippen molar-refractivity contribution in [3.8, 4) is 23.7 Å². The van der Waals surface area contributed by atoms with Gasteiger partial charge in [-0.3, -0.25) is 0 Å². The lowest BCUT2D eigenvalue weighted by atomic mass is 9.84. The Morgan fingerprint density at radius 2 is 1.58 bits per heavy atom. The maximum absolute atomic E-state index is 14.5. The van der Waals surface area contributed by atoms with E-state index in [0.717, 1.165) is 36.8 Å². The van der Waals surface area contributed by atoms with E-state index in [0.29, 0.717) is 11.5 Å². The highest BCUT2D eigenvalue weighted by molar-refractivity contribution is 5.86. The predicted molar refractivity (Wildman–Crippen MR) is 110 cm³/mol. The van der Waals surface area contributed by atoms with Crippen molar-refractivity contribution in [2.75, 3.05) is 0 Å². The Morgan fingerprint density at radius 3 is 2.32 bits per heavy atom. The van der Waals surface area contributed by atoms with Crippen molar-refractivity contribution in [2.45, 2.75) is 32.4 Å². The van der Waals surface area contributed by atoms with E-state index in [9.17, 15) is 22.0 Å². The molecule has 1 aliphatic carbocycles. The van der Waals surface area contributed by atoms with Gasteiger partial charge in [-0.1, -0.05) is 36.8 Å². The Bertz CT molecular complexity index is 1290. The second-order valence-corrected chi connectivity index (χ2v) is 7.81. The summed E-state index contributed by atoms with van der Waals surface area (Å²) in [5, 5.41) is 0.195. The molecule has 1 aliphatic rings. The highest BCUT2D eigenvalue weighted by Crippen LogP contribution is 2.27. The molecule has 0 saturated carbocycles. The zero-order valence-corrected chi connectivity index (χ0v) is 16.6. The molecular weight excluding hydrogens is 407 g/mol. The first-order valence-electron chi connectivity index (χ1n) is 9.85. The first-order valence-corrected chi connectivity index (χ1v) is 9.85. The lowest BCUT2D eigenvalue weighted by Crippen LogP contribution is -2.11. The van der Waals surface area contributed by atoms with Crippen molar-refractivity contribution in [3.63, 3.8) is 0 Å². The van der Waals surface area contributed by atoms with Crippen LogP contribution in [-0.4, -0.2) is 6.18 Å². The molecule has 0 fully saturated rings. The number of fused-ring (bicyclic) bond motifs is 2. The molecule has 1 unspecified atom stereocenters. The maximum atomic E-state index is 14.5. The number of alkyl halides is 3. The third-order valence-electron chi connectivity index (χ3n) is 5.39. The third kappa shape index (κ3) is 4.72. The van der Waals surface area contributed by atoms with Crippen LogP contribution in [0.4, 0.5) is 22.0 Å². The van der Waals surface area contributed by atoms with Gasteiger partial charge in [0.2, 0.25) is 0 Å². The van der Waals surface area contributed by atoms with Crippen LogP contribution in [0.25, 0.3) is 10.8 Å². The highest BCUT2D eigenvalue weighted by atomic mass is 19.4. The van der Waals surface area contributed by atoms with Crippen LogP contribution in [0.1, 0.15) is 41.2 Å². The van der Waals surface area contributed by atoms with Crippen molar-refractivity contribution in [1.82, 2.24) is 0 Å². The minimum absolute atomic E-state index is 0.0127. The smallest absolute Gasteiger partial charge is 0.205 e. The summed E-state index contributed by atoms with van der Waals surface area (Å²) in [7, 11) is 0. The summed E-state index contributed by atoms with van der Waals surface area (Å²) in [5.41, 5.74) is 3.17. The molecule has 0 spiro atoms. The SMILES string of the molecule is CC1CCc2cc(C#Cc3ccc4c(F)c(C#CC(F)(F)F)c(F)cc4c3)ccc2C1. The Kier molecular flexibility index (Phi) is 5.46. The average molecular weight is 424 g/mol. The summed E-state index contributed by atoms with van der Waals surface area (Å²) in [6, 6.07) is 11.6. The van der Waals surface area contributed by atoms with Gasteiger partial charge in [0.1, 0.15) is 11.6 Å². The van der Waals surface area contributed by atoms with Crippen molar-refractivity contribution < 1.29 is 22.0 Å². The molecule has 156 valence electrons. The van der Waals surface area contributed by atoms with Gasteiger partial charge in [0.05, 0.1) is 5.56 Å². The molecule has 0 N–H and O–H groups in total. The fourth-order valence-corrected chi connectivity index (χ4v) is 3.82. The summed E-state index contributed by atoms with van der Waals surface area (Å²) in [6.07, 6.45) is -1.58. The van der Waals surface area contributed by atoms with E-state index in [1.807, 2.05) is 6.07 Å². The first-order chi connectivity index (χ1) is 14.7. The monoisotopic (exact) mass is 424 g/mol. The summed E-state index contributed by atoms with van der Waals surface area (Å²) in [6.45, 7) is 2.24. The second kappa shape index (κ2) is 8.08. The average Bonchev–Trinajstić information content (AvgIpc) is 2.71. The largest absolute Gasteiger partial charge is 0.458 e. The van der Waals surface area contributed by atoms with Crippen LogP contribution in [0, 0.1) is 41.2 Å². The minimum Gasteiger partial charge on any atom is -0.205 e. The molecule has 5 heteroatoms. The van der Waals surface area contributed by atoms with Crippen molar-refractivity contribution in [3.05, 3.63) is 81.9 Å². The van der Waals surface area contributed by atoms with E-state index < -0.39 is 23.4 Å². The molecule has 0 aliphatic heterocycles. The molecule has 0 nitrogen and oxygen atoms in total. The molecule has 0 saturated heterocycles. The van der Waals surface area contributed by atoms with Crippen molar-refractivity contribution in [2.24, 2.45) is 5.92 Å². The van der Waals surface area contributed by atoms with Crippen LogP contribution in [-0.2, 0) is 12.8 Å². The molecule has 0 aromatic heterocycles. The van der Waals surface area contributed by atoms with Gasteiger partial charge in [-0.2, -0.15) is 13.2 Å². The number of hydrogen-bond donors (Lipinski definition) is 0. The van der Waals surface area contributed by atoms with Crippen LogP contribution >= 0.6 is 0 Å². The number of halogens is 5. The van der Waals surface area contributed by atoms with Crippen molar-refractivity contribution in [1.29, 1.82) is 0 Å². The topological polar surface area (TPSA) is 0 Å². The van der Waals surface area contributed by atoms with Gasteiger partial charge in [0.15, 0.2) is 0 Å². The van der Waals surface area contributed by atoms with Gasteiger partial charge >= 0.3 is 6.18 Å². The molecule has 0 amide bonds. The predicted octanol–water partition coefficient (Wildman–Crippen LogP) is 6.56. The molecule has 31 heavy (non-hydrogen) atoms. The zero-order valence-electron chi connectivity index (χ0n) is 16.6. The van der Waals surface area contributed by atoms with Gasteiger partial charge in [-0.25, -0.2) is 8.78 Å². The highest BCUT2D eigenvalue weighted by Gasteiger charge is 2.24. The molecule has 3 aromatic carbocycles. The number of hydrogen-bond acceptors (Lipinski definition) is 0. The fraction of sp³-hybridized carbons (Fsp3) is 0.231. The van der Waals surface area contributed by atoms with Crippen LogP contribution in [0.5, 0.6) is 0 Å². The number of benzene rings is 3. The normalized spacial score (nSPS) is 15.5. The second-order valence-electron chi connectivity index (χ2n) is 7.81. The Balaban J connectivity index is 1.66. The lowest BCUT2D eigenvalue weighted by Gasteiger charge is -2.21. The fourth-order valence-electron chi connectivity index (χ4n) is 3.82. The summed E-state index contributed by atoms with van der Waals surface area (Å²) in [5.74, 6) is 6.96.